The fourth-order valence-corrected chi connectivity index (χ4v) is 2.10. The molecule has 0 fully saturated rings. The van der Waals surface area contributed by atoms with E-state index in [-0.39, 0.29) is 23.8 Å². The zero-order valence-electron chi connectivity index (χ0n) is 12.3. The van der Waals surface area contributed by atoms with Crippen LogP contribution in [-0.4, -0.2) is 16.0 Å². The van der Waals surface area contributed by atoms with E-state index in [1.54, 1.807) is 6.92 Å². The van der Waals surface area contributed by atoms with Crippen LogP contribution in [0.2, 0.25) is 0 Å². The summed E-state index contributed by atoms with van der Waals surface area (Å²) < 4.78 is 27.3. The van der Waals surface area contributed by atoms with Crippen molar-refractivity contribution < 1.29 is 13.7 Å². The molecule has 1 N–H and O–H groups in total. The number of hydrogen-bond acceptors (Lipinski definition) is 4. The van der Waals surface area contributed by atoms with Crippen molar-refractivity contribution in [2.24, 2.45) is 0 Å². The number of pyridine rings is 1. The molecule has 0 aliphatic carbocycles. The van der Waals surface area contributed by atoms with Gasteiger partial charge in [0, 0.05) is 31.3 Å². The molecule has 1 heterocycles. The zero-order chi connectivity index (χ0) is 17.0. The molecule has 1 aromatic heterocycles. The predicted molar refractivity (Wildman–Crippen MR) is 80.1 cm³/mol. The van der Waals surface area contributed by atoms with Crippen molar-refractivity contribution in [1.29, 1.82) is 0 Å². The quantitative estimate of drug-likeness (QED) is 0.654. The third-order valence-corrected chi connectivity index (χ3v) is 3.43. The van der Waals surface area contributed by atoms with Gasteiger partial charge in [0.1, 0.15) is 0 Å². The van der Waals surface area contributed by atoms with Crippen LogP contribution in [0.1, 0.15) is 18.5 Å². The average molecular weight is 323 g/mol. The zero-order valence-corrected chi connectivity index (χ0v) is 12.3. The molecular formula is C15H15F2N3O3. The van der Waals surface area contributed by atoms with Crippen LogP contribution in [0, 0.1) is 21.7 Å². The molecule has 6 nitrogen and oxygen atoms in total. The Kier molecular flexibility index (Phi) is 5.17. The second kappa shape index (κ2) is 7.10. The minimum atomic E-state index is -0.925. The molecule has 0 spiro atoms. The van der Waals surface area contributed by atoms with Crippen molar-refractivity contribution in [2.45, 2.75) is 19.5 Å². The molecule has 8 heteroatoms. The van der Waals surface area contributed by atoms with E-state index in [2.05, 4.69) is 5.32 Å². The Morgan fingerprint density at radius 3 is 2.65 bits per heavy atom. The van der Waals surface area contributed by atoms with E-state index in [1.807, 2.05) is 0 Å². The third-order valence-electron chi connectivity index (χ3n) is 3.43. The Bertz CT molecular complexity index is 777. The lowest BCUT2D eigenvalue weighted by Crippen LogP contribution is -2.28. The fraction of sp³-hybridized carbons (Fsp3) is 0.267. The van der Waals surface area contributed by atoms with E-state index in [0.717, 1.165) is 24.3 Å². The molecule has 2 rings (SSSR count). The van der Waals surface area contributed by atoms with E-state index in [0.29, 0.717) is 12.1 Å². The first-order valence-electron chi connectivity index (χ1n) is 6.91. The Morgan fingerprint density at radius 1 is 1.26 bits per heavy atom. The lowest BCUT2D eigenvalue weighted by molar-refractivity contribution is -0.385. The lowest BCUT2D eigenvalue weighted by atomic mass is 10.1. The van der Waals surface area contributed by atoms with Crippen LogP contribution in [0.15, 0.2) is 41.3 Å². The van der Waals surface area contributed by atoms with Gasteiger partial charge in [-0.25, -0.2) is 8.78 Å². The highest BCUT2D eigenvalue weighted by atomic mass is 19.2. The van der Waals surface area contributed by atoms with Crippen LogP contribution >= 0.6 is 0 Å². The van der Waals surface area contributed by atoms with Crippen LogP contribution in [0.5, 0.6) is 0 Å². The molecule has 0 amide bonds. The number of rotatable bonds is 6. The van der Waals surface area contributed by atoms with Gasteiger partial charge in [0.15, 0.2) is 11.6 Å². The standard InChI is InChI=1S/C15H15F2N3O3/c1-10(11-2-4-13(16)14(17)8-11)18-6-7-19-9-12(20(22)23)3-5-15(19)21/h2-5,8-10,18H,6-7H2,1H3/t10-/m1/s1. The second-order valence-corrected chi connectivity index (χ2v) is 5.03. The van der Waals surface area contributed by atoms with Crippen molar-refractivity contribution in [3.63, 3.8) is 0 Å². The maximum atomic E-state index is 13.2. The molecule has 0 aliphatic heterocycles. The predicted octanol–water partition coefficient (Wildman–Crippen LogP) is 2.39. The van der Waals surface area contributed by atoms with E-state index in [1.165, 1.54) is 16.8 Å². The summed E-state index contributed by atoms with van der Waals surface area (Å²) in [6.07, 6.45) is 1.17. The number of benzene rings is 1. The van der Waals surface area contributed by atoms with Crippen molar-refractivity contribution >= 4 is 5.69 Å². The van der Waals surface area contributed by atoms with Gasteiger partial charge in [-0.15, -0.1) is 0 Å². The summed E-state index contributed by atoms with van der Waals surface area (Å²) in [4.78, 5) is 21.8. The lowest BCUT2D eigenvalue weighted by Gasteiger charge is -2.15. The highest BCUT2D eigenvalue weighted by Crippen LogP contribution is 2.15. The van der Waals surface area contributed by atoms with Crippen LogP contribution < -0.4 is 10.9 Å². The normalized spacial score (nSPS) is 12.1. The van der Waals surface area contributed by atoms with Crippen molar-refractivity contribution in [3.8, 4) is 0 Å². The number of halogens is 2. The van der Waals surface area contributed by atoms with Gasteiger partial charge in [-0.05, 0) is 24.6 Å². The minimum Gasteiger partial charge on any atom is -0.308 e. The molecule has 122 valence electrons. The highest BCUT2D eigenvalue weighted by molar-refractivity contribution is 5.24. The van der Waals surface area contributed by atoms with E-state index in [9.17, 15) is 23.7 Å². The van der Waals surface area contributed by atoms with Gasteiger partial charge in [-0.3, -0.25) is 14.9 Å². The van der Waals surface area contributed by atoms with Gasteiger partial charge in [0.2, 0.25) is 0 Å². The maximum Gasteiger partial charge on any atom is 0.285 e. The topological polar surface area (TPSA) is 77.2 Å². The summed E-state index contributed by atoms with van der Waals surface area (Å²) in [6, 6.07) is 5.64. The number of hydrogen-bond donors (Lipinski definition) is 1. The van der Waals surface area contributed by atoms with Crippen molar-refractivity contribution in [3.05, 3.63) is 74.2 Å². The molecule has 0 saturated heterocycles. The number of nitrogens with zero attached hydrogens (tertiary/aromatic N) is 2. The van der Waals surface area contributed by atoms with Crippen molar-refractivity contribution in [2.75, 3.05) is 6.54 Å². The number of nitro groups is 1. The van der Waals surface area contributed by atoms with E-state index >= 15 is 0 Å². The minimum absolute atomic E-state index is 0.168. The molecule has 0 radical (unpaired) electrons. The first-order valence-corrected chi connectivity index (χ1v) is 6.91. The molecular weight excluding hydrogens is 308 g/mol. The van der Waals surface area contributed by atoms with Gasteiger partial charge in [-0.1, -0.05) is 6.07 Å². The molecule has 0 aliphatic rings. The summed E-state index contributed by atoms with van der Waals surface area (Å²) in [7, 11) is 0. The largest absolute Gasteiger partial charge is 0.308 e. The summed E-state index contributed by atoms with van der Waals surface area (Å²) in [5.74, 6) is -1.84. The number of nitrogens with one attached hydrogen (secondary N) is 1. The van der Waals surface area contributed by atoms with Gasteiger partial charge >= 0.3 is 0 Å². The first-order chi connectivity index (χ1) is 10.9. The molecule has 0 unspecified atom stereocenters. The van der Waals surface area contributed by atoms with E-state index in [4.69, 9.17) is 0 Å². The fourth-order valence-electron chi connectivity index (χ4n) is 2.10. The second-order valence-electron chi connectivity index (χ2n) is 5.03. The Labute approximate surface area is 130 Å². The highest BCUT2D eigenvalue weighted by Gasteiger charge is 2.10. The molecule has 1 atom stereocenters. The monoisotopic (exact) mass is 323 g/mol. The van der Waals surface area contributed by atoms with E-state index < -0.39 is 16.6 Å². The average Bonchev–Trinajstić information content (AvgIpc) is 2.51. The van der Waals surface area contributed by atoms with Crippen LogP contribution in [0.4, 0.5) is 14.5 Å². The van der Waals surface area contributed by atoms with Crippen LogP contribution in [-0.2, 0) is 6.54 Å². The number of aromatic nitrogens is 1. The molecule has 23 heavy (non-hydrogen) atoms. The summed E-state index contributed by atoms with van der Waals surface area (Å²) in [5.41, 5.74) is 0.0476. The third kappa shape index (κ3) is 4.19. The van der Waals surface area contributed by atoms with Gasteiger partial charge in [0.05, 0.1) is 11.1 Å². The first kappa shape index (κ1) is 16.8. The van der Waals surface area contributed by atoms with Crippen molar-refractivity contribution in [1.82, 2.24) is 9.88 Å². The SMILES string of the molecule is C[C@@H](NCCn1cc([N+](=O)[O-])ccc1=O)c1ccc(F)c(F)c1. The molecule has 1 aromatic carbocycles. The Hall–Kier alpha value is -2.61. The molecule has 0 bridgehead atoms. The van der Waals surface area contributed by atoms with Gasteiger partial charge in [-0.2, -0.15) is 0 Å². The Balaban J connectivity index is 1.99. The summed E-state index contributed by atoms with van der Waals surface area (Å²) in [6.45, 7) is 2.32. The smallest absolute Gasteiger partial charge is 0.285 e. The van der Waals surface area contributed by atoms with Crippen LogP contribution in [0.25, 0.3) is 0 Å². The molecule has 2 aromatic rings. The van der Waals surface area contributed by atoms with Crippen LogP contribution in [0.3, 0.4) is 0 Å². The summed E-state index contributed by atoms with van der Waals surface area (Å²) in [5, 5.41) is 13.8. The van der Waals surface area contributed by atoms with Gasteiger partial charge in [0.25, 0.3) is 11.2 Å². The van der Waals surface area contributed by atoms with Gasteiger partial charge < -0.3 is 9.88 Å². The summed E-state index contributed by atoms with van der Waals surface area (Å²) >= 11 is 0. The maximum absolute atomic E-state index is 13.2. The molecule has 0 saturated carbocycles. The Morgan fingerprint density at radius 2 is 2.00 bits per heavy atom.